The number of amides is 2. The van der Waals surface area contributed by atoms with Crippen LogP contribution in [0.25, 0.3) is 5.69 Å². The van der Waals surface area contributed by atoms with Crippen molar-refractivity contribution in [3.05, 3.63) is 82.8 Å². The molecule has 2 aromatic carbocycles. The van der Waals surface area contributed by atoms with Crippen molar-refractivity contribution in [1.82, 2.24) is 20.2 Å². The number of benzene rings is 2. The summed E-state index contributed by atoms with van der Waals surface area (Å²) in [5.41, 5.74) is 3.26. The van der Waals surface area contributed by atoms with E-state index in [2.05, 4.69) is 20.8 Å². The molecule has 2 amide bonds. The third-order valence-corrected chi connectivity index (χ3v) is 6.48. The minimum Gasteiger partial charge on any atom is -0.326 e. The van der Waals surface area contributed by atoms with Crippen LogP contribution < -0.4 is 10.2 Å². The second-order valence-electron chi connectivity index (χ2n) is 7.66. The summed E-state index contributed by atoms with van der Waals surface area (Å²) in [6.07, 6.45) is 1.64. The van der Waals surface area contributed by atoms with Crippen molar-refractivity contribution in [3.63, 3.8) is 0 Å². The number of nitrogens with zero attached hydrogens (tertiary/aromatic N) is 5. The summed E-state index contributed by atoms with van der Waals surface area (Å²) in [5, 5.41) is 16.1. The summed E-state index contributed by atoms with van der Waals surface area (Å²) in [4.78, 5) is 29.2. The molecule has 1 aliphatic rings. The van der Waals surface area contributed by atoms with Gasteiger partial charge in [0.05, 0.1) is 17.6 Å². The van der Waals surface area contributed by atoms with E-state index in [1.165, 1.54) is 11.0 Å². The Kier molecular flexibility index (Phi) is 5.24. The average Bonchev–Trinajstić information content (AvgIpc) is 3.56. The second kappa shape index (κ2) is 8.35. The molecule has 8 nitrogen and oxygen atoms in total. The first-order chi connectivity index (χ1) is 15.6. The zero-order valence-corrected chi connectivity index (χ0v) is 18.1. The lowest BCUT2D eigenvalue weighted by Crippen LogP contribution is -2.32. The molecule has 160 valence electrons. The first-order valence-electron chi connectivity index (χ1n) is 10.2. The molecule has 1 saturated heterocycles. The van der Waals surface area contributed by atoms with Crippen LogP contribution in [0.2, 0.25) is 0 Å². The lowest BCUT2D eigenvalue weighted by atomic mass is 9.97. The summed E-state index contributed by atoms with van der Waals surface area (Å²) in [7, 11) is 0. The Morgan fingerprint density at radius 3 is 2.66 bits per heavy atom. The number of nitrogens with one attached hydrogen (secondary N) is 1. The molecular formula is C23H20N6O2S. The first kappa shape index (κ1) is 20.1. The number of hydrogen-bond acceptors (Lipinski definition) is 6. The minimum absolute atomic E-state index is 0.0603. The molecular weight excluding hydrogens is 424 g/mol. The van der Waals surface area contributed by atoms with E-state index in [1.54, 1.807) is 28.4 Å². The SMILES string of the molecule is Cc1ccc(N2C(=O)C[C@@H](C(=O)Nc3cccc(-n4cnnn4)c3)[C@H]2c2cccs2)cc1. The normalized spacial score (nSPS) is 18.2. The number of rotatable bonds is 5. The quantitative estimate of drug-likeness (QED) is 0.506. The molecule has 4 aromatic rings. The van der Waals surface area contributed by atoms with Gasteiger partial charge in [0.15, 0.2) is 0 Å². The van der Waals surface area contributed by atoms with Crippen LogP contribution in [-0.2, 0) is 9.59 Å². The summed E-state index contributed by atoms with van der Waals surface area (Å²) in [6, 6.07) is 18.7. The van der Waals surface area contributed by atoms with E-state index in [-0.39, 0.29) is 24.3 Å². The lowest BCUT2D eigenvalue weighted by Gasteiger charge is -2.27. The fraction of sp³-hybridized carbons (Fsp3) is 0.174. The van der Waals surface area contributed by atoms with Crippen LogP contribution in [-0.4, -0.2) is 32.0 Å². The van der Waals surface area contributed by atoms with E-state index in [1.807, 2.05) is 60.8 Å². The molecule has 0 aliphatic carbocycles. The van der Waals surface area contributed by atoms with Gasteiger partial charge in [0.2, 0.25) is 11.8 Å². The van der Waals surface area contributed by atoms with E-state index >= 15 is 0 Å². The zero-order chi connectivity index (χ0) is 22.1. The highest BCUT2D eigenvalue weighted by atomic mass is 32.1. The number of aryl methyl sites for hydroxylation is 1. The molecule has 0 radical (unpaired) electrons. The van der Waals surface area contributed by atoms with Gasteiger partial charge in [-0.25, -0.2) is 4.68 Å². The van der Waals surface area contributed by atoms with E-state index < -0.39 is 5.92 Å². The minimum atomic E-state index is -0.515. The molecule has 32 heavy (non-hydrogen) atoms. The molecule has 0 saturated carbocycles. The lowest BCUT2D eigenvalue weighted by molar-refractivity contribution is -0.122. The van der Waals surface area contributed by atoms with E-state index in [0.29, 0.717) is 5.69 Å². The van der Waals surface area contributed by atoms with Crippen molar-refractivity contribution in [3.8, 4) is 5.69 Å². The van der Waals surface area contributed by atoms with Gasteiger partial charge in [-0.2, -0.15) is 0 Å². The highest BCUT2D eigenvalue weighted by Gasteiger charge is 2.45. The number of carbonyl (C=O) groups is 2. The third-order valence-electron chi connectivity index (χ3n) is 5.53. The fourth-order valence-electron chi connectivity index (χ4n) is 4.01. The number of aromatic nitrogens is 4. The maximum atomic E-state index is 13.4. The van der Waals surface area contributed by atoms with Gasteiger partial charge in [-0.05, 0) is 59.1 Å². The van der Waals surface area contributed by atoms with Gasteiger partial charge in [0.25, 0.3) is 0 Å². The standard InChI is InChI=1S/C23H20N6O2S/c1-15-7-9-17(10-8-15)29-21(30)13-19(22(29)20-6-3-11-32-20)23(31)25-16-4-2-5-18(12-16)28-14-24-26-27-28/h2-12,14,19,22H,13H2,1H3,(H,25,31)/t19-,22+/m1/s1. The van der Waals surface area contributed by atoms with Gasteiger partial charge in [0, 0.05) is 22.7 Å². The molecule has 5 rings (SSSR count). The largest absolute Gasteiger partial charge is 0.326 e. The zero-order valence-electron chi connectivity index (χ0n) is 17.3. The Bertz CT molecular complexity index is 1240. The third kappa shape index (κ3) is 3.78. The summed E-state index contributed by atoms with van der Waals surface area (Å²) in [5.74, 6) is -0.769. The van der Waals surface area contributed by atoms with Gasteiger partial charge < -0.3 is 10.2 Å². The summed E-state index contributed by atoms with van der Waals surface area (Å²) in [6.45, 7) is 2.01. The second-order valence-corrected chi connectivity index (χ2v) is 8.64. The molecule has 1 aliphatic heterocycles. The van der Waals surface area contributed by atoms with Crippen molar-refractivity contribution >= 4 is 34.5 Å². The topological polar surface area (TPSA) is 93.0 Å². The van der Waals surface area contributed by atoms with Crippen LogP contribution in [0.5, 0.6) is 0 Å². The van der Waals surface area contributed by atoms with E-state index in [0.717, 1.165) is 21.8 Å². The monoisotopic (exact) mass is 444 g/mol. The summed E-state index contributed by atoms with van der Waals surface area (Å²) >= 11 is 1.55. The molecule has 9 heteroatoms. The van der Waals surface area contributed by atoms with Gasteiger partial charge in [-0.3, -0.25) is 9.59 Å². The van der Waals surface area contributed by atoms with Crippen LogP contribution in [0.1, 0.15) is 22.9 Å². The van der Waals surface area contributed by atoms with Gasteiger partial charge in [0.1, 0.15) is 6.33 Å². The van der Waals surface area contributed by atoms with Crippen molar-refractivity contribution in [1.29, 1.82) is 0 Å². The van der Waals surface area contributed by atoms with Crippen LogP contribution in [0.15, 0.2) is 72.4 Å². The van der Waals surface area contributed by atoms with Crippen molar-refractivity contribution in [2.45, 2.75) is 19.4 Å². The number of hydrogen-bond donors (Lipinski definition) is 1. The molecule has 0 unspecified atom stereocenters. The van der Waals surface area contributed by atoms with Crippen molar-refractivity contribution < 1.29 is 9.59 Å². The smallest absolute Gasteiger partial charge is 0.230 e. The Hall–Kier alpha value is -3.85. The number of carbonyl (C=O) groups excluding carboxylic acids is 2. The molecule has 2 aromatic heterocycles. The van der Waals surface area contributed by atoms with Crippen molar-refractivity contribution in [2.24, 2.45) is 5.92 Å². The highest BCUT2D eigenvalue weighted by Crippen LogP contribution is 2.43. The van der Waals surface area contributed by atoms with Crippen molar-refractivity contribution in [2.75, 3.05) is 10.2 Å². The van der Waals surface area contributed by atoms with Gasteiger partial charge in [-0.15, -0.1) is 16.4 Å². The van der Waals surface area contributed by atoms with Crippen LogP contribution in [0.3, 0.4) is 0 Å². The Balaban J connectivity index is 1.44. The highest BCUT2D eigenvalue weighted by molar-refractivity contribution is 7.10. The van der Waals surface area contributed by atoms with Crippen LogP contribution in [0.4, 0.5) is 11.4 Å². The van der Waals surface area contributed by atoms with Crippen LogP contribution >= 0.6 is 11.3 Å². The number of tetrazole rings is 1. The van der Waals surface area contributed by atoms with Crippen LogP contribution in [0, 0.1) is 12.8 Å². The molecule has 1 fully saturated rings. The predicted octanol–water partition coefficient (Wildman–Crippen LogP) is 3.77. The average molecular weight is 445 g/mol. The maximum absolute atomic E-state index is 13.4. The predicted molar refractivity (Wildman–Crippen MR) is 122 cm³/mol. The number of anilines is 2. The number of thiophene rings is 1. The molecule has 0 bridgehead atoms. The molecule has 3 heterocycles. The molecule has 0 spiro atoms. The van der Waals surface area contributed by atoms with E-state index in [4.69, 9.17) is 0 Å². The molecule has 1 N–H and O–H groups in total. The maximum Gasteiger partial charge on any atom is 0.230 e. The summed E-state index contributed by atoms with van der Waals surface area (Å²) < 4.78 is 1.52. The Morgan fingerprint density at radius 1 is 1.09 bits per heavy atom. The fourth-order valence-corrected chi connectivity index (χ4v) is 4.89. The van der Waals surface area contributed by atoms with Gasteiger partial charge >= 0.3 is 0 Å². The molecule has 2 atom stereocenters. The Labute approximate surface area is 188 Å². The van der Waals surface area contributed by atoms with Gasteiger partial charge in [-0.1, -0.05) is 29.8 Å². The Morgan fingerprint density at radius 2 is 1.94 bits per heavy atom. The van der Waals surface area contributed by atoms with E-state index in [9.17, 15) is 9.59 Å². The first-order valence-corrected chi connectivity index (χ1v) is 11.0.